The van der Waals surface area contributed by atoms with E-state index in [1.807, 2.05) is 13.8 Å². The molecule has 0 rings (SSSR count). The van der Waals surface area contributed by atoms with Crippen molar-refractivity contribution in [2.24, 2.45) is 0 Å². The van der Waals surface area contributed by atoms with Crippen molar-refractivity contribution >= 4 is 5.91 Å². The molecule has 2 N–H and O–H groups in total. The van der Waals surface area contributed by atoms with Crippen LogP contribution >= 0.6 is 0 Å². The van der Waals surface area contributed by atoms with Gasteiger partial charge in [0, 0.05) is 7.05 Å². The van der Waals surface area contributed by atoms with E-state index in [0.717, 1.165) is 6.54 Å². The summed E-state index contributed by atoms with van der Waals surface area (Å²) in [5.74, 6) is 0.0124. The third-order valence-electron chi connectivity index (χ3n) is 1.85. The van der Waals surface area contributed by atoms with Gasteiger partial charge in [0.1, 0.15) is 0 Å². The number of hydrogen-bond donors (Lipinski definition) is 2. The van der Waals surface area contributed by atoms with Crippen LogP contribution < -0.4 is 5.32 Å². The van der Waals surface area contributed by atoms with E-state index < -0.39 is 0 Å². The monoisotopic (exact) mass is 174 g/mol. The van der Waals surface area contributed by atoms with Gasteiger partial charge in [-0.1, -0.05) is 6.92 Å². The second kappa shape index (κ2) is 5.97. The highest BCUT2D eigenvalue weighted by molar-refractivity contribution is 5.78. The predicted octanol–water partition coefficient (Wildman–Crippen LogP) is -0.565. The number of aliphatic hydroxyl groups excluding tert-OH is 1. The summed E-state index contributed by atoms with van der Waals surface area (Å²) in [6, 6.07) is -0.101. The number of likely N-dealkylation sites (N-methyl/N-ethyl adjacent to an activating group) is 2. The Bertz CT molecular complexity index is 139. The first-order valence-electron chi connectivity index (χ1n) is 4.20. The highest BCUT2D eigenvalue weighted by atomic mass is 16.3. The molecular weight excluding hydrogens is 156 g/mol. The molecule has 0 heterocycles. The molecule has 0 aliphatic rings. The third kappa shape index (κ3) is 3.69. The van der Waals surface area contributed by atoms with Crippen molar-refractivity contribution in [1.29, 1.82) is 0 Å². The summed E-state index contributed by atoms with van der Waals surface area (Å²) in [4.78, 5) is 12.8. The van der Waals surface area contributed by atoms with Crippen LogP contribution in [0.4, 0.5) is 0 Å². The lowest BCUT2D eigenvalue weighted by atomic mass is 10.3. The van der Waals surface area contributed by atoms with Crippen LogP contribution in [0.3, 0.4) is 0 Å². The maximum absolute atomic E-state index is 11.3. The van der Waals surface area contributed by atoms with Gasteiger partial charge in [0.05, 0.1) is 19.2 Å². The van der Waals surface area contributed by atoms with Crippen LogP contribution in [0.25, 0.3) is 0 Å². The Morgan fingerprint density at radius 3 is 2.67 bits per heavy atom. The molecule has 0 aliphatic heterocycles. The van der Waals surface area contributed by atoms with Gasteiger partial charge in [0.25, 0.3) is 0 Å². The van der Waals surface area contributed by atoms with E-state index in [4.69, 9.17) is 5.11 Å². The molecule has 0 aromatic carbocycles. The number of hydrogen-bond acceptors (Lipinski definition) is 3. The topological polar surface area (TPSA) is 52.6 Å². The molecule has 0 aliphatic carbocycles. The Kier molecular flexibility index (Phi) is 5.66. The van der Waals surface area contributed by atoms with E-state index in [1.54, 1.807) is 11.9 Å². The Hall–Kier alpha value is -0.610. The number of amides is 1. The van der Waals surface area contributed by atoms with Crippen LogP contribution in [-0.2, 0) is 4.79 Å². The second-order valence-electron chi connectivity index (χ2n) is 2.82. The molecule has 0 aromatic rings. The standard InChI is InChI=1S/C8H18N2O2/c1-4-9-5-8(12)10(3)7(2)6-11/h7,9,11H,4-6H2,1-3H3. The zero-order valence-electron chi connectivity index (χ0n) is 8.00. The van der Waals surface area contributed by atoms with Crippen molar-refractivity contribution in [2.75, 3.05) is 26.7 Å². The molecule has 1 atom stereocenters. The fraction of sp³-hybridized carbons (Fsp3) is 0.875. The number of nitrogens with zero attached hydrogens (tertiary/aromatic N) is 1. The maximum atomic E-state index is 11.3. The molecule has 12 heavy (non-hydrogen) atoms. The van der Waals surface area contributed by atoms with Crippen LogP contribution in [-0.4, -0.2) is 48.7 Å². The zero-order chi connectivity index (χ0) is 9.56. The zero-order valence-corrected chi connectivity index (χ0v) is 8.00. The highest BCUT2D eigenvalue weighted by Gasteiger charge is 2.13. The summed E-state index contributed by atoms with van der Waals surface area (Å²) in [6.07, 6.45) is 0. The number of nitrogens with one attached hydrogen (secondary N) is 1. The molecule has 0 radical (unpaired) electrons. The largest absolute Gasteiger partial charge is 0.394 e. The van der Waals surface area contributed by atoms with Gasteiger partial charge in [0.15, 0.2) is 0 Å². The van der Waals surface area contributed by atoms with Crippen molar-refractivity contribution in [3.05, 3.63) is 0 Å². The molecule has 0 saturated carbocycles. The van der Waals surface area contributed by atoms with Gasteiger partial charge in [-0.2, -0.15) is 0 Å². The fourth-order valence-corrected chi connectivity index (χ4v) is 0.725. The molecule has 0 fully saturated rings. The quantitative estimate of drug-likeness (QED) is 0.587. The first-order chi connectivity index (χ1) is 5.63. The Morgan fingerprint density at radius 2 is 2.25 bits per heavy atom. The molecule has 0 spiro atoms. The summed E-state index contributed by atoms with van der Waals surface area (Å²) in [5, 5.41) is 11.7. The van der Waals surface area contributed by atoms with Crippen molar-refractivity contribution in [3.8, 4) is 0 Å². The molecular formula is C8H18N2O2. The summed E-state index contributed by atoms with van der Waals surface area (Å²) >= 11 is 0. The minimum Gasteiger partial charge on any atom is -0.394 e. The lowest BCUT2D eigenvalue weighted by Gasteiger charge is -2.23. The average molecular weight is 174 g/mol. The van der Waals surface area contributed by atoms with Crippen LogP contribution in [0.15, 0.2) is 0 Å². The van der Waals surface area contributed by atoms with Crippen molar-refractivity contribution < 1.29 is 9.90 Å². The molecule has 72 valence electrons. The Balaban J connectivity index is 3.75. The molecule has 0 bridgehead atoms. The van der Waals surface area contributed by atoms with E-state index in [2.05, 4.69) is 5.32 Å². The molecule has 0 saturated heterocycles. The van der Waals surface area contributed by atoms with Crippen LogP contribution in [0.1, 0.15) is 13.8 Å². The summed E-state index contributed by atoms with van der Waals surface area (Å²) in [5.41, 5.74) is 0. The SMILES string of the molecule is CCNCC(=O)N(C)C(C)CO. The van der Waals surface area contributed by atoms with Crippen LogP contribution in [0.2, 0.25) is 0 Å². The number of carbonyl (C=O) groups excluding carboxylic acids is 1. The number of carbonyl (C=O) groups is 1. The minimum absolute atomic E-state index is 0.00830. The van der Waals surface area contributed by atoms with E-state index >= 15 is 0 Å². The summed E-state index contributed by atoms with van der Waals surface area (Å²) in [7, 11) is 1.69. The van der Waals surface area contributed by atoms with Crippen LogP contribution in [0.5, 0.6) is 0 Å². The maximum Gasteiger partial charge on any atom is 0.236 e. The van der Waals surface area contributed by atoms with Crippen molar-refractivity contribution in [3.63, 3.8) is 0 Å². The first kappa shape index (κ1) is 11.4. The van der Waals surface area contributed by atoms with E-state index in [0.29, 0.717) is 6.54 Å². The van der Waals surface area contributed by atoms with Gasteiger partial charge in [-0.25, -0.2) is 0 Å². The van der Waals surface area contributed by atoms with Gasteiger partial charge in [0.2, 0.25) is 5.91 Å². The highest BCUT2D eigenvalue weighted by Crippen LogP contribution is 1.93. The third-order valence-corrected chi connectivity index (χ3v) is 1.85. The number of rotatable bonds is 5. The Morgan fingerprint density at radius 1 is 1.67 bits per heavy atom. The van der Waals surface area contributed by atoms with E-state index in [1.165, 1.54) is 0 Å². The van der Waals surface area contributed by atoms with E-state index in [-0.39, 0.29) is 18.6 Å². The fourth-order valence-electron chi connectivity index (χ4n) is 0.725. The lowest BCUT2D eigenvalue weighted by molar-refractivity contribution is -0.131. The van der Waals surface area contributed by atoms with Crippen molar-refractivity contribution in [1.82, 2.24) is 10.2 Å². The molecule has 0 aromatic heterocycles. The minimum atomic E-state index is -0.101. The summed E-state index contributed by atoms with van der Waals surface area (Å²) in [6.45, 7) is 4.89. The second-order valence-corrected chi connectivity index (χ2v) is 2.82. The normalized spacial score (nSPS) is 12.7. The predicted molar refractivity (Wildman–Crippen MR) is 47.9 cm³/mol. The Labute approximate surface area is 73.6 Å². The van der Waals surface area contributed by atoms with E-state index in [9.17, 15) is 4.79 Å². The van der Waals surface area contributed by atoms with Crippen molar-refractivity contribution in [2.45, 2.75) is 19.9 Å². The van der Waals surface area contributed by atoms with Gasteiger partial charge in [-0.05, 0) is 13.5 Å². The van der Waals surface area contributed by atoms with Crippen LogP contribution in [0, 0.1) is 0 Å². The first-order valence-corrected chi connectivity index (χ1v) is 4.20. The molecule has 1 unspecified atom stereocenters. The summed E-state index contributed by atoms with van der Waals surface area (Å²) < 4.78 is 0. The van der Waals surface area contributed by atoms with Gasteiger partial charge >= 0.3 is 0 Å². The molecule has 4 nitrogen and oxygen atoms in total. The van der Waals surface area contributed by atoms with Gasteiger partial charge < -0.3 is 15.3 Å². The average Bonchev–Trinajstić information content (AvgIpc) is 2.11. The smallest absolute Gasteiger partial charge is 0.236 e. The molecule has 1 amide bonds. The number of aliphatic hydroxyl groups is 1. The lowest BCUT2D eigenvalue weighted by Crippen LogP contribution is -2.42. The van der Waals surface area contributed by atoms with Gasteiger partial charge in [-0.15, -0.1) is 0 Å². The van der Waals surface area contributed by atoms with Gasteiger partial charge in [-0.3, -0.25) is 4.79 Å². The molecule has 4 heteroatoms.